The van der Waals surface area contributed by atoms with Crippen molar-refractivity contribution in [2.75, 3.05) is 19.6 Å². The van der Waals surface area contributed by atoms with Gasteiger partial charge in [-0.1, -0.05) is 11.2 Å². The van der Waals surface area contributed by atoms with Gasteiger partial charge in [-0.3, -0.25) is 4.79 Å². The van der Waals surface area contributed by atoms with Crippen LogP contribution < -0.4 is 5.32 Å². The van der Waals surface area contributed by atoms with Crippen LogP contribution in [0.4, 0.5) is 4.39 Å². The van der Waals surface area contributed by atoms with Crippen LogP contribution in [-0.2, 0) is 11.2 Å². The smallest absolute Gasteiger partial charge is 0.258 e. The van der Waals surface area contributed by atoms with Crippen molar-refractivity contribution in [3.8, 4) is 11.5 Å². The van der Waals surface area contributed by atoms with E-state index in [4.69, 9.17) is 4.52 Å². The molecule has 0 bridgehead atoms. The van der Waals surface area contributed by atoms with Gasteiger partial charge in [-0.25, -0.2) is 4.39 Å². The average Bonchev–Trinajstić information content (AvgIpc) is 2.96. The van der Waals surface area contributed by atoms with E-state index < -0.39 is 0 Å². The lowest BCUT2D eigenvalue weighted by molar-refractivity contribution is -0.131. The number of benzene rings is 1. The molecule has 1 saturated heterocycles. The Bertz CT molecular complexity index is 673. The maximum absolute atomic E-state index is 13.2. The summed E-state index contributed by atoms with van der Waals surface area (Å²) < 4.78 is 18.3. The van der Waals surface area contributed by atoms with E-state index in [-0.39, 0.29) is 30.1 Å². The van der Waals surface area contributed by atoms with Gasteiger partial charge in [0.15, 0.2) is 5.82 Å². The molecule has 1 amide bonds. The van der Waals surface area contributed by atoms with Crippen molar-refractivity contribution in [3.63, 3.8) is 0 Å². The number of halogens is 1. The molecule has 0 radical (unpaired) electrons. The van der Waals surface area contributed by atoms with Crippen LogP contribution >= 0.6 is 0 Å². The summed E-state index contributed by atoms with van der Waals surface area (Å²) in [6, 6.07) is 6.19. The van der Waals surface area contributed by atoms with Crippen LogP contribution in [0.15, 0.2) is 28.8 Å². The zero-order chi connectivity index (χ0) is 15.5. The number of carbonyl (C=O) groups excluding carboxylic acids is 1. The normalized spacial score (nSPS) is 18.5. The second-order valence-electron chi connectivity index (χ2n) is 5.40. The highest BCUT2D eigenvalue weighted by atomic mass is 19.1. The van der Waals surface area contributed by atoms with Crippen molar-refractivity contribution in [2.45, 2.75) is 19.4 Å². The number of hydrogen-bond acceptors (Lipinski definition) is 5. The second-order valence-corrected chi connectivity index (χ2v) is 5.40. The van der Waals surface area contributed by atoms with Gasteiger partial charge in [-0.15, -0.1) is 0 Å². The minimum absolute atomic E-state index is 0.0278. The van der Waals surface area contributed by atoms with E-state index in [1.165, 1.54) is 12.1 Å². The van der Waals surface area contributed by atoms with Gasteiger partial charge in [0.25, 0.3) is 5.89 Å². The van der Waals surface area contributed by atoms with E-state index in [2.05, 4.69) is 15.5 Å². The number of aromatic nitrogens is 2. The van der Waals surface area contributed by atoms with Crippen molar-refractivity contribution in [2.24, 2.45) is 0 Å². The number of nitrogens with one attached hydrogen (secondary N) is 1. The summed E-state index contributed by atoms with van der Waals surface area (Å²) in [4.78, 5) is 18.2. The number of hydrogen-bond donors (Lipinski definition) is 1. The molecule has 22 heavy (non-hydrogen) atoms. The first-order valence-electron chi connectivity index (χ1n) is 7.21. The Labute approximate surface area is 127 Å². The molecule has 2 heterocycles. The number of piperazine rings is 1. The van der Waals surface area contributed by atoms with Crippen molar-refractivity contribution < 1.29 is 13.7 Å². The largest absolute Gasteiger partial charge is 0.339 e. The van der Waals surface area contributed by atoms with Gasteiger partial charge >= 0.3 is 0 Å². The van der Waals surface area contributed by atoms with Crippen molar-refractivity contribution in [1.82, 2.24) is 20.4 Å². The molecule has 116 valence electrons. The number of nitrogens with zero attached hydrogens (tertiary/aromatic N) is 3. The molecule has 1 aliphatic heterocycles. The Morgan fingerprint density at radius 2 is 2.41 bits per heavy atom. The van der Waals surface area contributed by atoms with Gasteiger partial charge < -0.3 is 14.7 Å². The van der Waals surface area contributed by atoms with E-state index in [9.17, 15) is 9.18 Å². The molecule has 2 aromatic rings. The average molecular weight is 304 g/mol. The third-order valence-corrected chi connectivity index (χ3v) is 3.57. The SMILES string of the molecule is CC1CN(C(=O)Cc2noc(-c3cccc(F)c3)n2)CCN1. The molecule has 1 atom stereocenters. The molecule has 1 aromatic heterocycles. The molecule has 3 rings (SSSR count). The summed E-state index contributed by atoms with van der Waals surface area (Å²) in [6.45, 7) is 4.18. The van der Waals surface area contributed by atoms with Gasteiger partial charge in [0, 0.05) is 31.2 Å². The van der Waals surface area contributed by atoms with Crippen molar-refractivity contribution in [1.29, 1.82) is 0 Å². The lowest BCUT2D eigenvalue weighted by Crippen LogP contribution is -2.51. The maximum atomic E-state index is 13.2. The summed E-state index contributed by atoms with van der Waals surface area (Å²) in [5, 5.41) is 7.09. The maximum Gasteiger partial charge on any atom is 0.258 e. The van der Waals surface area contributed by atoms with Gasteiger partial charge in [-0.2, -0.15) is 4.98 Å². The Hall–Kier alpha value is -2.28. The summed E-state index contributed by atoms with van der Waals surface area (Å²) >= 11 is 0. The van der Waals surface area contributed by atoms with Crippen LogP contribution in [0.2, 0.25) is 0 Å². The van der Waals surface area contributed by atoms with Gasteiger partial charge in [-0.05, 0) is 25.1 Å². The first kappa shape index (κ1) is 14.6. The monoisotopic (exact) mass is 304 g/mol. The molecule has 1 fully saturated rings. The van der Waals surface area contributed by atoms with Gasteiger partial charge in [0.05, 0.1) is 6.42 Å². The third-order valence-electron chi connectivity index (χ3n) is 3.57. The van der Waals surface area contributed by atoms with Gasteiger partial charge in [0.1, 0.15) is 5.82 Å². The third kappa shape index (κ3) is 3.30. The molecule has 6 nitrogen and oxygen atoms in total. The number of amides is 1. The topological polar surface area (TPSA) is 71.3 Å². The number of rotatable bonds is 3. The van der Waals surface area contributed by atoms with Crippen molar-refractivity contribution in [3.05, 3.63) is 35.9 Å². The summed E-state index contributed by atoms with van der Waals surface area (Å²) in [6.07, 6.45) is 0.0888. The lowest BCUT2D eigenvalue weighted by Gasteiger charge is -2.31. The molecule has 0 aliphatic carbocycles. The predicted molar refractivity (Wildman–Crippen MR) is 77.4 cm³/mol. The van der Waals surface area contributed by atoms with Crippen LogP contribution in [-0.4, -0.2) is 46.6 Å². The molecule has 1 aliphatic rings. The fourth-order valence-corrected chi connectivity index (χ4v) is 2.47. The van der Waals surface area contributed by atoms with Crippen LogP contribution in [0.5, 0.6) is 0 Å². The molecule has 0 saturated carbocycles. The molecular formula is C15H17FN4O2. The zero-order valence-corrected chi connectivity index (χ0v) is 12.3. The van der Waals surface area contributed by atoms with Crippen LogP contribution in [0.25, 0.3) is 11.5 Å². The van der Waals surface area contributed by atoms with Crippen LogP contribution in [0.3, 0.4) is 0 Å². The lowest BCUT2D eigenvalue weighted by atomic mass is 10.2. The van der Waals surface area contributed by atoms with E-state index in [1.54, 1.807) is 17.0 Å². The van der Waals surface area contributed by atoms with E-state index in [0.29, 0.717) is 24.5 Å². The summed E-state index contributed by atoms with van der Waals surface area (Å²) in [7, 11) is 0. The highest BCUT2D eigenvalue weighted by Gasteiger charge is 2.22. The highest BCUT2D eigenvalue weighted by Crippen LogP contribution is 2.18. The zero-order valence-electron chi connectivity index (χ0n) is 12.3. The van der Waals surface area contributed by atoms with Crippen molar-refractivity contribution >= 4 is 5.91 Å². The van der Waals surface area contributed by atoms with Gasteiger partial charge in [0.2, 0.25) is 5.91 Å². The van der Waals surface area contributed by atoms with E-state index in [0.717, 1.165) is 6.54 Å². The standard InChI is InChI=1S/C15H17FN4O2/c1-10-9-20(6-5-17-10)14(21)8-13-18-15(22-19-13)11-3-2-4-12(16)7-11/h2-4,7,10,17H,5-6,8-9H2,1H3. The number of carbonyl (C=O) groups is 1. The van der Waals surface area contributed by atoms with Crippen LogP contribution in [0, 0.1) is 5.82 Å². The predicted octanol–water partition coefficient (Wildman–Crippen LogP) is 1.24. The molecule has 7 heteroatoms. The summed E-state index contributed by atoms with van der Waals surface area (Å²) in [5.74, 6) is 0.134. The Morgan fingerprint density at radius 1 is 1.55 bits per heavy atom. The molecule has 1 N–H and O–H groups in total. The minimum Gasteiger partial charge on any atom is -0.339 e. The second kappa shape index (κ2) is 6.23. The Kier molecular flexibility index (Phi) is 4.15. The molecule has 1 unspecified atom stereocenters. The Morgan fingerprint density at radius 3 is 3.18 bits per heavy atom. The quantitative estimate of drug-likeness (QED) is 0.923. The Balaban J connectivity index is 1.68. The highest BCUT2D eigenvalue weighted by molar-refractivity contribution is 5.78. The van der Waals surface area contributed by atoms with E-state index >= 15 is 0 Å². The summed E-state index contributed by atoms with van der Waals surface area (Å²) in [5.41, 5.74) is 0.502. The molecule has 0 spiro atoms. The first-order chi connectivity index (χ1) is 10.6. The fourth-order valence-electron chi connectivity index (χ4n) is 2.47. The fraction of sp³-hybridized carbons (Fsp3) is 0.400. The molecular weight excluding hydrogens is 287 g/mol. The van der Waals surface area contributed by atoms with Crippen LogP contribution in [0.1, 0.15) is 12.7 Å². The molecule has 1 aromatic carbocycles. The minimum atomic E-state index is -0.372. The first-order valence-corrected chi connectivity index (χ1v) is 7.21. The van der Waals surface area contributed by atoms with E-state index in [1.807, 2.05) is 6.92 Å².